The summed E-state index contributed by atoms with van der Waals surface area (Å²) >= 11 is 1.32. The van der Waals surface area contributed by atoms with E-state index in [9.17, 15) is 14.4 Å². The lowest BCUT2D eigenvalue weighted by Gasteiger charge is -2.15. The molecule has 1 saturated heterocycles. The van der Waals surface area contributed by atoms with Gasteiger partial charge in [-0.15, -0.1) is 11.3 Å². The molecule has 0 bridgehead atoms. The highest BCUT2D eigenvalue weighted by atomic mass is 32.1. The molecule has 166 valence electrons. The molecule has 0 spiro atoms. The summed E-state index contributed by atoms with van der Waals surface area (Å²) in [5.74, 6) is 0.210. The van der Waals surface area contributed by atoms with Crippen LogP contribution in [0.25, 0.3) is 0 Å². The number of urea groups is 1. The van der Waals surface area contributed by atoms with Gasteiger partial charge < -0.3 is 20.1 Å². The first-order chi connectivity index (χ1) is 14.6. The summed E-state index contributed by atoms with van der Waals surface area (Å²) in [6, 6.07) is 3.69. The largest absolute Gasteiger partial charge is 0.493 e. The van der Waals surface area contributed by atoms with Crippen LogP contribution in [0, 0.1) is 0 Å². The van der Waals surface area contributed by atoms with Crippen LogP contribution < -0.4 is 20.1 Å². The van der Waals surface area contributed by atoms with E-state index in [-0.39, 0.29) is 24.3 Å². The summed E-state index contributed by atoms with van der Waals surface area (Å²) in [4.78, 5) is 42.9. The molecule has 1 fully saturated rings. The number of benzene rings is 1. The van der Waals surface area contributed by atoms with Gasteiger partial charge in [-0.25, -0.2) is 9.78 Å². The minimum Gasteiger partial charge on any atom is -0.493 e. The molecule has 1 aliphatic rings. The summed E-state index contributed by atoms with van der Waals surface area (Å²) in [7, 11) is 3.04. The first-order valence-electron chi connectivity index (χ1n) is 9.71. The van der Waals surface area contributed by atoms with E-state index in [4.69, 9.17) is 9.47 Å². The number of anilines is 1. The molecule has 0 aliphatic carbocycles. The zero-order valence-corrected chi connectivity index (χ0v) is 19.0. The fraction of sp³-hybridized carbons (Fsp3) is 0.429. The molecule has 1 aromatic carbocycles. The molecule has 1 aromatic heterocycles. The van der Waals surface area contributed by atoms with Crippen molar-refractivity contribution in [3.63, 3.8) is 0 Å². The Morgan fingerprint density at radius 3 is 2.55 bits per heavy atom. The van der Waals surface area contributed by atoms with Crippen LogP contribution in [-0.2, 0) is 21.5 Å². The van der Waals surface area contributed by atoms with Crippen LogP contribution >= 0.6 is 11.3 Å². The van der Waals surface area contributed by atoms with Gasteiger partial charge in [0.05, 0.1) is 32.9 Å². The molecule has 3 rings (SSSR count). The number of carbonyl (C=O) groups excluding carboxylic acids is 3. The maximum absolute atomic E-state index is 12.7. The molecule has 2 heterocycles. The summed E-state index contributed by atoms with van der Waals surface area (Å²) in [5, 5.41) is 7.64. The smallest absolute Gasteiger partial charge is 0.325 e. The van der Waals surface area contributed by atoms with Crippen LogP contribution in [0.4, 0.5) is 9.93 Å². The lowest BCUT2D eigenvalue weighted by Crippen LogP contribution is -2.34. The van der Waals surface area contributed by atoms with E-state index >= 15 is 0 Å². The Bertz CT molecular complexity index is 998. The van der Waals surface area contributed by atoms with Crippen molar-refractivity contribution >= 4 is 34.3 Å². The normalized spacial score (nSPS) is 16.3. The van der Waals surface area contributed by atoms with Gasteiger partial charge in [0, 0.05) is 10.8 Å². The lowest BCUT2D eigenvalue weighted by atomic mass is 9.93. The topological polar surface area (TPSA) is 110 Å². The van der Waals surface area contributed by atoms with Gasteiger partial charge in [0.2, 0.25) is 5.91 Å². The van der Waals surface area contributed by atoms with Gasteiger partial charge in [-0.2, -0.15) is 0 Å². The fourth-order valence-corrected chi connectivity index (χ4v) is 4.01. The highest BCUT2D eigenvalue weighted by Gasteiger charge is 2.39. The third-order valence-corrected chi connectivity index (χ3v) is 5.56. The van der Waals surface area contributed by atoms with Crippen LogP contribution in [0.2, 0.25) is 0 Å². The molecular weight excluding hydrogens is 420 g/mol. The van der Waals surface area contributed by atoms with Crippen LogP contribution in [0.3, 0.4) is 0 Å². The number of carbonyl (C=O) groups is 3. The Morgan fingerprint density at radius 2 is 1.94 bits per heavy atom. The third kappa shape index (κ3) is 5.13. The molecule has 2 N–H and O–H groups in total. The van der Waals surface area contributed by atoms with E-state index in [1.807, 2.05) is 26.2 Å². The van der Waals surface area contributed by atoms with Gasteiger partial charge >= 0.3 is 6.03 Å². The van der Waals surface area contributed by atoms with Crippen molar-refractivity contribution in [1.82, 2.24) is 15.2 Å². The molecule has 9 nitrogen and oxygen atoms in total. The Morgan fingerprint density at radius 1 is 1.23 bits per heavy atom. The van der Waals surface area contributed by atoms with Crippen molar-refractivity contribution in [2.45, 2.75) is 45.2 Å². The molecule has 0 unspecified atom stereocenters. The molecule has 1 atom stereocenters. The highest BCUT2D eigenvalue weighted by Crippen LogP contribution is 2.29. The molecule has 1 aliphatic heterocycles. The summed E-state index contributed by atoms with van der Waals surface area (Å²) in [5.41, 5.74) is 1.45. The second-order valence-electron chi connectivity index (χ2n) is 8.16. The minimum atomic E-state index is -0.922. The number of imide groups is 1. The van der Waals surface area contributed by atoms with Crippen LogP contribution in [0.5, 0.6) is 11.5 Å². The molecular formula is C21H26N4O5S. The van der Waals surface area contributed by atoms with Crippen LogP contribution in [-0.4, -0.2) is 48.0 Å². The number of aromatic nitrogens is 1. The number of rotatable bonds is 7. The van der Waals surface area contributed by atoms with E-state index in [0.717, 1.165) is 10.6 Å². The summed E-state index contributed by atoms with van der Waals surface area (Å²) in [6.45, 7) is 6.17. The second-order valence-corrected chi connectivity index (χ2v) is 9.01. The highest BCUT2D eigenvalue weighted by molar-refractivity contribution is 7.13. The second kappa shape index (κ2) is 8.93. The monoisotopic (exact) mass is 446 g/mol. The molecule has 0 radical (unpaired) electrons. The number of nitrogens with one attached hydrogen (secondary N) is 2. The van der Waals surface area contributed by atoms with Crippen molar-refractivity contribution in [3.8, 4) is 11.5 Å². The first kappa shape index (κ1) is 22.5. The predicted octanol–water partition coefficient (Wildman–Crippen LogP) is 2.91. The van der Waals surface area contributed by atoms with E-state index < -0.39 is 18.0 Å². The maximum atomic E-state index is 12.7. The molecule has 0 saturated carbocycles. The summed E-state index contributed by atoms with van der Waals surface area (Å²) < 4.78 is 10.5. The van der Waals surface area contributed by atoms with Crippen molar-refractivity contribution in [2.75, 3.05) is 19.5 Å². The van der Waals surface area contributed by atoms with E-state index in [0.29, 0.717) is 22.2 Å². The average molecular weight is 447 g/mol. The fourth-order valence-electron chi connectivity index (χ4n) is 3.06. The number of thiazole rings is 1. The quantitative estimate of drug-likeness (QED) is 0.633. The Kier molecular flexibility index (Phi) is 6.49. The predicted molar refractivity (Wildman–Crippen MR) is 116 cm³/mol. The average Bonchev–Trinajstić information content (AvgIpc) is 3.28. The Labute approximate surface area is 184 Å². The zero-order chi connectivity index (χ0) is 22.8. The molecule has 2 aromatic rings. The number of hydrogen-bond acceptors (Lipinski definition) is 7. The zero-order valence-electron chi connectivity index (χ0n) is 18.1. The van der Waals surface area contributed by atoms with Crippen LogP contribution in [0.1, 0.15) is 38.4 Å². The van der Waals surface area contributed by atoms with Gasteiger partial charge in [0.25, 0.3) is 5.91 Å². The number of ether oxygens (including phenoxy) is 2. The van der Waals surface area contributed by atoms with Gasteiger partial charge in [-0.05, 0) is 17.7 Å². The van der Waals surface area contributed by atoms with Gasteiger partial charge in [0.15, 0.2) is 16.6 Å². The molecule has 10 heteroatoms. The number of hydrogen-bond donors (Lipinski definition) is 2. The van der Waals surface area contributed by atoms with E-state index in [1.165, 1.54) is 25.6 Å². The first-order valence-corrected chi connectivity index (χ1v) is 10.6. The van der Waals surface area contributed by atoms with E-state index in [1.54, 1.807) is 18.2 Å². The number of methoxy groups -OCH3 is 2. The Balaban J connectivity index is 1.62. The standard InChI is InChI=1S/C21H26N4O5S/c1-21(2,3)16-11-31-19(23-16)24-17(26)9-13-18(27)25(20(28)22-13)10-12-6-7-14(29-4)15(8-12)30-5/h6-8,11,13H,9-10H2,1-5H3,(H,22,28)(H,23,24,26)/t13-/m0/s1. The summed E-state index contributed by atoms with van der Waals surface area (Å²) in [6.07, 6.45) is -0.169. The Hall–Kier alpha value is -3.14. The number of amides is 4. The van der Waals surface area contributed by atoms with Crippen molar-refractivity contribution in [3.05, 3.63) is 34.8 Å². The molecule has 4 amide bonds. The lowest BCUT2D eigenvalue weighted by molar-refractivity contribution is -0.130. The minimum absolute atomic E-state index is 0.0601. The van der Waals surface area contributed by atoms with Crippen LogP contribution in [0.15, 0.2) is 23.6 Å². The van der Waals surface area contributed by atoms with Gasteiger partial charge in [-0.3, -0.25) is 14.5 Å². The van der Waals surface area contributed by atoms with Gasteiger partial charge in [0.1, 0.15) is 6.04 Å². The van der Waals surface area contributed by atoms with Crippen molar-refractivity contribution in [1.29, 1.82) is 0 Å². The van der Waals surface area contributed by atoms with E-state index in [2.05, 4.69) is 15.6 Å². The SMILES string of the molecule is COc1ccc(CN2C(=O)N[C@@H](CC(=O)Nc3nc(C(C)(C)C)cs3)C2=O)cc1OC. The van der Waals surface area contributed by atoms with Crippen molar-refractivity contribution < 1.29 is 23.9 Å². The maximum Gasteiger partial charge on any atom is 0.325 e. The van der Waals surface area contributed by atoms with Crippen molar-refractivity contribution in [2.24, 2.45) is 0 Å². The molecule has 31 heavy (non-hydrogen) atoms. The van der Waals surface area contributed by atoms with Gasteiger partial charge in [-0.1, -0.05) is 26.8 Å². The third-order valence-electron chi connectivity index (χ3n) is 4.80. The number of nitrogens with zero attached hydrogens (tertiary/aromatic N) is 2.